The lowest BCUT2D eigenvalue weighted by atomic mass is 10.2. The van der Waals surface area contributed by atoms with Gasteiger partial charge in [-0.15, -0.1) is 24.0 Å². The highest BCUT2D eigenvalue weighted by molar-refractivity contribution is 14.0. The van der Waals surface area contributed by atoms with Crippen LogP contribution in [0.1, 0.15) is 31.4 Å². The van der Waals surface area contributed by atoms with Gasteiger partial charge in [-0.3, -0.25) is 0 Å². The Morgan fingerprint density at radius 3 is 2.75 bits per heavy atom. The van der Waals surface area contributed by atoms with Crippen LogP contribution in [0.15, 0.2) is 46.1 Å². The molecule has 0 saturated heterocycles. The maximum atomic E-state index is 5.67. The van der Waals surface area contributed by atoms with E-state index in [1.807, 2.05) is 12.1 Å². The van der Waals surface area contributed by atoms with Crippen molar-refractivity contribution < 1.29 is 4.74 Å². The van der Waals surface area contributed by atoms with Crippen LogP contribution in [0.2, 0.25) is 0 Å². The maximum Gasteiger partial charge on any atom is 0.191 e. The van der Waals surface area contributed by atoms with Crippen LogP contribution in [0.25, 0.3) is 0 Å². The quantitative estimate of drug-likeness (QED) is 0.349. The average molecular weight is 459 g/mol. The van der Waals surface area contributed by atoms with Gasteiger partial charge < -0.3 is 15.4 Å². The van der Waals surface area contributed by atoms with Crippen LogP contribution in [-0.2, 0) is 13.1 Å². The van der Waals surface area contributed by atoms with Crippen LogP contribution in [-0.4, -0.2) is 19.1 Å². The molecule has 1 heterocycles. The maximum absolute atomic E-state index is 5.67. The first-order chi connectivity index (χ1) is 11.3. The van der Waals surface area contributed by atoms with Gasteiger partial charge in [0.05, 0.1) is 13.2 Å². The number of benzene rings is 1. The van der Waals surface area contributed by atoms with Gasteiger partial charge in [0.2, 0.25) is 0 Å². The second kappa shape index (κ2) is 12.1. The van der Waals surface area contributed by atoms with Crippen molar-refractivity contribution in [3.8, 4) is 5.75 Å². The van der Waals surface area contributed by atoms with Gasteiger partial charge >= 0.3 is 0 Å². The van der Waals surface area contributed by atoms with Crippen molar-refractivity contribution in [1.29, 1.82) is 0 Å². The molecule has 2 rings (SSSR count). The molecule has 0 amide bonds. The number of guanidine groups is 1. The van der Waals surface area contributed by atoms with Crippen LogP contribution in [0.4, 0.5) is 0 Å². The monoisotopic (exact) mass is 459 g/mol. The number of hydrogen-bond acceptors (Lipinski definition) is 3. The highest BCUT2D eigenvalue weighted by atomic mass is 127. The summed E-state index contributed by atoms with van der Waals surface area (Å²) in [5, 5.41) is 10.8. The number of nitrogens with one attached hydrogen (secondary N) is 2. The molecule has 2 aromatic rings. The minimum Gasteiger partial charge on any atom is -0.494 e. The van der Waals surface area contributed by atoms with Gasteiger partial charge in [-0.25, -0.2) is 4.99 Å². The minimum absolute atomic E-state index is 0. The van der Waals surface area contributed by atoms with Crippen molar-refractivity contribution in [2.24, 2.45) is 4.99 Å². The summed E-state index contributed by atoms with van der Waals surface area (Å²) < 4.78 is 5.67. The largest absolute Gasteiger partial charge is 0.494 e. The SMILES string of the molecule is CCCOc1cccc(CNC(=NCc2ccsc2)NCC)c1.I. The van der Waals surface area contributed by atoms with Gasteiger partial charge in [0, 0.05) is 13.1 Å². The second-order valence-corrected chi connectivity index (χ2v) is 5.96. The third kappa shape index (κ3) is 7.53. The van der Waals surface area contributed by atoms with Crippen molar-refractivity contribution >= 4 is 41.3 Å². The molecule has 0 spiro atoms. The molecular weight excluding hydrogens is 433 g/mol. The smallest absolute Gasteiger partial charge is 0.191 e. The lowest BCUT2D eigenvalue weighted by molar-refractivity contribution is 0.317. The molecule has 1 aromatic heterocycles. The molecule has 0 saturated carbocycles. The lowest BCUT2D eigenvalue weighted by Gasteiger charge is -2.12. The van der Waals surface area contributed by atoms with Crippen molar-refractivity contribution in [1.82, 2.24) is 10.6 Å². The Hall–Kier alpha value is -1.28. The fourth-order valence-electron chi connectivity index (χ4n) is 2.05. The van der Waals surface area contributed by atoms with Crippen molar-refractivity contribution in [3.05, 3.63) is 52.2 Å². The number of thiophene rings is 1. The average Bonchev–Trinajstić information content (AvgIpc) is 3.09. The van der Waals surface area contributed by atoms with Crippen molar-refractivity contribution in [2.75, 3.05) is 13.2 Å². The standard InChI is InChI=1S/C18H25N3OS.HI/c1-3-9-22-17-7-5-6-15(11-17)12-20-18(19-4-2)21-13-16-8-10-23-14-16;/h5-8,10-11,14H,3-4,9,12-13H2,1-2H3,(H2,19,20,21);1H. The first-order valence-corrected chi connectivity index (χ1v) is 9.01. The van der Waals surface area contributed by atoms with Gasteiger partial charge in [-0.2, -0.15) is 11.3 Å². The highest BCUT2D eigenvalue weighted by Crippen LogP contribution is 2.13. The van der Waals surface area contributed by atoms with Gasteiger partial charge in [0.25, 0.3) is 0 Å². The van der Waals surface area contributed by atoms with Crippen molar-refractivity contribution in [2.45, 2.75) is 33.4 Å². The summed E-state index contributed by atoms with van der Waals surface area (Å²) in [4.78, 5) is 4.61. The Bertz CT molecular complexity index is 602. The predicted octanol–water partition coefficient (Wildman–Crippen LogP) is 4.41. The molecule has 0 aliphatic heterocycles. The summed E-state index contributed by atoms with van der Waals surface area (Å²) in [5.74, 6) is 1.75. The summed E-state index contributed by atoms with van der Waals surface area (Å²) in [6.45, 7) is 7.19. The fourth-order valence-corrected chi connectivity index (χ4v) is 2.71. The number of ether oxygens (including phenoxy) is 1. The topological polar surface area (TPSA) is 45.6 Å². The van der Waals surface area contributed by atoms with Crippen LogP contribution in [0.3, 0.4) is 0 Å². The van der Waals surface area contributed by atoms with Crippen molar-refractivity contribution in [3.63, 3.8) is 0 Å². The minimum atomic E-state index is 0. The van der Waals surface area contributed by atoms with Crippen LogP contribution in [0, 0.1) is 0 Å². The molecule has 1 aromatic carbocycles. The zero-order valence-electron chi connectivity index (χ0n) is 14.2. The van der Waals surface area contributed by atoms with E-state index in [9.17, 15) is 0 Å². The predicted molar refractivity (Wildman–Crippen MR) is 114 cm³/mol. The van der Waals surface area contributed by atoms with E-state index < -0.39 is 0 Å². The van der Waals surface area contributed by atoms with E-state index in [2.05, 4.69) is 58.4 Å². The Balaban J connectivity index is 0.00000288. The molecule has 24 heavy (non-hydrogen) atoms. The highest BCUT2D eigenvalue weighted by Gasteiger charge is 2.01. The van der Waals surface area contributed by atoms with E-state index in [-0.39, 0.29) is 24.0 Å². The molecule has 4 nitrogen and oxygen atoms in total. The van der Waals surface area contributed by atoms with Crippen LogP contribution in [0.5, 0.6) is 5.75 Å². The van der Waals surface area contributed by atoms with E-state index >= 15 is 0 Å². The molecule has 0 fully saturated rings. The number of halogens is 1. The Morgan fingerprint density at radius 2 is 2.04 bits per heavy atom. The molecule has 0 aliphatic rings. The number of aliphatic imine (C=N–C) groups is 1. The number of rotatable bonds is 8. The Kier molecular flexibility index (Phi) is 10.5. The molecule has 6 heteroatoms. The zero-order valence-corrected chi connectivity index (χ0v) is 17.4. The molecular formula is C18H26IN3OS. The molecule has 0 unspecified atom stereocenters. The normalized spacial score (nSPS) is 10.8. The fraction of sp³-hybridized carbons (Fsp3) is 0.389. The first kappa shape index (κ1) is 20.8. The summed E-state index contributed by atoms with van der Waals surface area (Å²) in [5.41, 5.74) is 2.42. The zero-order chi connectivity index (χ0) is 16.3. The van der Waals surface area contributed by atoms with Crippen LogP contribution < -0.4 is 15.4 Å². The van der Waals surface area contributed by atoms with Gasteiger partial charge in [-0.1, -0.05) is 19.1 Å². The van der Waals surface area contributed by atoms with Gasteiger partial charge in [0.15, 0.2) is 5.96 Å². The molecule has 132 valence electrons. The number of hydrogen-bond donors (Lipinski definition) is 2. The summed E-state index contributed by atoms with van der Waals surface area (Å²) in [6.07, 6.45) is 1.02. The van der Waals surface area contributed by atoms with E-state index in [0.29, 0.717) is 6.54 Å². The van der Waals surface area contributed by atoms with Gasteiger partial charge in [-0.05, 0) is 53.4 Å². The molecule has 0 aliphatic carbocycles. The third-order valence-corrected chi connectivity index (χ3v) is 3.91. The van der Waals surface area contributed by atoms with E-state index in [1.165, 1.54) is 11.1 Å². The van der Waals surface area contributed by atoms with Crippen LogP contribution >= 0.6 is 35.3 Å². The Labute approximate surface area is 165 Å². The first-order valence-electron chi connectivity index (χ1n) is 8.06. The molecule has 0 atom stereocenters. The number of nitrogens with zero attached hydrogens (tertiary/aromatic N) is 1. The summed E-state index contributed by atoms with van der Waals surface area (Å²) in [6, 6.07) is 10.3. The van der Waals surface area contributed by atoms with E-state index in [0.717, 1.165) is 37.8 Å². The molecule has 0 bridgehead atoms. The second-order valence-electron chi connectivity index (χ2n) is 5.18. The van der Waals surface area contributed by atoms with E-state index in [1.54, 1.807) is 11.3 Å². The van der Waals surface area contributed by atoms with E-state index in [4.69, 9.17) is 4.74 Å². The summed E-state index contributed by atoms with van der Waals surface area (Å²) in [7, 11) is 0. The van der Waals surface area contributed by atoms with Gasteiger partial charge in [0.1, 0.15) is 5.75 Å². The molecule has 2 N–H and O–H groups in total. The third-order valence-electron chi connectivity index (χ3n) is 3.18. The summed E-state index contributed by atoms with van der Waals surface area (Å²) >= 11 is 1.70. The lowest BCUT2D eigenvalue weighted by Crippen LogP contribution is -2.36. The molecule has 0 radical (unpaired) electrons. The Morgan fingerprint density at radius 1 is 1.17 bits per heavy atom.